The number of aromatic nitrogens is 4. The molecule has 0 aliphatic carbocycles. The lowest BCUT2D eigenvalue weighted by Gasteiger charge is -2.06. The summed E-state index contributed by atoms with van der Waals surface area (Å²) >= 11 is 0. The molecule has 1 aromatic carbocycles. The molecule has 7 heteroatoms. The largest absolute Gasteiger partial charge is 0.381 e. The van der Waals surface area contributed by atoms with E-state index in [0.717, 1.165) is 16.9 Å². The minimum absolute atomic E-state index is 0.590. The molecule has 3 N–H and O–H groups in total. The molecule has 3 rings (SSSR count). The molecule has 0 bridgehead atoms. The van der Waals surface area contributed by atoms with Crippen LogP contribution in [0.1, 0.15) is 11.3 Å². The quantitative estimate of drug-likeness (QED) is 0.622. The smallest absolute Gasteiger partial charge is 0.314 e. The number of aryl methyl sites for hydroxylation is 2. The van der Waals surface area contributed by atoms with Crippen LogP contribution in [0.5, 0.6) is 0 Å². The highest BCUT2D eigenvalue weighted by Gasteiger charge is 2.04. The monoisotopic (exact) mass is 285 g/mol. The van der Waals surface area contributed by atoms with E-state index in [0.29, 0.717) is 17.6 Å². The van der Waals surface area contributed by atoms with Crippen molar-refractivity contribution in [1.29, 1.82) is 0 Å². The maximum atomic E-state index is 11.3. The van der Waals surface area contributed by atoms with Gasteiger partial charge in [-0.15, -0.1) is 0 Å². The second-order valence-corrected chi connectivity index (χ2v) is 4.94. The van der Waals surface area contributed by atoms with Gasteiger partial charge in [0.05, 0.1) is 16.7 Å². The highest BCUT2D eigenvalue weighted by Crippen LogP contribution is 2.15. The van der Waals surface area contributed by atoms with E-state index in [-0.39, 0.29) is 0 Å². The Morgan fingerprint density at radius 3 is 2.57 bits per heavy atom. The van der Waals surface area contributed by atoms with Gasteiger partial charge in [0.15, 0.2) is 0 Å². The summed E-state index contributed by atoms with van der Waals surface area (Å²) in [4.78, 5) is 27.7. The predicted molar refractivity (Wildman–Crippen MR) is 80.5 cm³/mol. The lowest BCUT2D eigenvalue weighted by molar-refractivity contribution is 0.756. The van der Waals surface area contributed by atoms with Gasteiger partial charge in [0.2, 0.25) is 0 Å². The third-order valence-corrected chi connectivity index (χ3v) is 3.32. The van der Waals surface area contributed by atoms with Gasteiger partial charge < -0.3 is 15.3 Å². The van der Waals surface area contributed by atoms with Gasteiger partial charge in [0, 0.05) is 31.0 Å². The van der Waals surface area contributed by atoms with Gasteiger partial charge >= 0.3 is 11.1 Å². The molecule has 21 heavy (non-hydrogen) atoms. The number of rotatable bonds is 3. The van der Waals surface area contributed by atoms with Crippen molar-refractivity contribution < 1.29 is 0 Å². The summed E-state index contributed by atoms with van der Waals surface area (Å²) in [6.07, 6.45) is 1.96. The number of anilines is 1. The average molecular weight is 285 g/mol. The number of fused-ring (bicyclic) bond motifs is 1. The summed E-state index contributed by atoms with van der Waals surface area (Å²) in [6, 6.07) is 5.39. The van der Waals surface area contributed by atoms with E-state index in [1.165, 1.54) is 0 Å². The molecule has 2 heterocycles. The van der Waals surface area contributed by atoms with Crippen molar-refractivity contribution in [3.05, 3.63) is 56.4 Å². The molecule has 3 aromatic rings. The summed E-state index contributed by atoms with van der Waals surface area (Å²) in [5.74, 6) is 0. The minimum atomic E-state index is -0.650. The molecule has 0 fully saturated rings. The van der Waals surface area contributed by atoms with Gasteiger partial charge in [0.1, 0.15) is 0 Å². The summed E-state index contributed by atoms with van der Waals surface area (Å²) < 4.78 is 1.77. The molecule has 0 radical (unpaired) electrons. The van der Waals surface area contributed by atoms with Crippen LogP contribution in [-0.4, -0.2) is 19.7 Å². The van der Waals surface area contributed by atoms with Gasteiger partial charge in [-0.25, -0.2) is 0 Å². The third kappa shape index (κ3) is 2.58. The molecule has 0 saturated carbocycles. The van der Waals surface area contributed by atoms with Crippen molar-refractivity contribution in [1.82, 2.24) is 19.7 Å². The number of H-pyrrole nitrogens is 2. The van der Waals surface area contributed by atoms with Crippen molar-refractivity contribution in [3.8, 4) is 0 Å². The SMILES string of the molecule is Cc1nn(C)cc1CNc1ccc2[nH]c(=O)c(=O)[nH]c2c1. The Bertz CT molecular complexity index is 919. The molecular weight excluding hydrogens is 270 g/mol. The first kappa shape index (κ1) is 13.2. The number of benzene rings is 1. The van der Waals surface area contributed by atoms with Gasteiger partial charge in [-0.2, -0.15) is 5.10 Å². The normalized spacial score (nSPS) is 11.0. The maximum absolute atomic E-state index is 11.3. The van der Waals surface area contributed by atoms with Crippen molar-refractivity contribution in [2.75, 3.05) is 5.32 Å². The number of nitrogens with zero attached hydrogens (tertiary/aromatic N) is 2. The first-order valence-electron chi connectivity index (χ1n) is 6.52. The van der Waals surface area contributed by atoms with E-state index in [1.807, 2.05) is 26.2 Å². The van der Waals surface area contributed by atoms with Crippen LogP contribution in [0.25, 0.3) is 11.0 Å². The van der Waals surface area contributed by atoms with Crippen LogP contribution in [0.15, 0.2) is 34.0 Å². The molecule has 0 amide bonds. The fraction of sp³-hybridized carbons (Fsp3) is 0.214. The second kappa shape index (κ2) is 4.93. The molecule has 0 saturated heterocycles. The first-order valence-corrected chi connectivity index (χ1v) is 6.52. The van der Waals surface area contributed by atoms with E-state index >= 15 is 0 Å². The molecule has 7 nitrogen and oxygen atoms in total. The Labute approximate surface area is 119 Å². The second-order valence-electron chi connectivity index (χ2n) is 4.94. The summed E-state index contributed by atoms with van der Waals surface area (Å²) in [5.41, 5.74) is 2.83. The fourth-order valence-electron chi connectivity index (χ4n) is 2.24. The van der Waals surface area contributed by atoms with Crippen molar-refractivity contribution in [2.45, 2.75) is 13.5 Å². The molecule has 0 unspecified atom stereocenters. The van der Waals surface area contributed by atoms with Crippen LogP contribution >= 0.6 is 0 Å². The average Bonchev–Trinajstić information content (AvgIpc) is 2.76. The van der Waals surface area contributed by atoms with Gasteiger partial charge in [-0.05, 0) is 25.1 Å². The molecule has 0 spiro atoms. The minimum Gasteiger partial charge on any atom is -0.381 e. The number of hydrogen-bond donors (Lipinski definition) is 3. The molecular formula is C14H15N5O2. The zero-order valence-corrected chi connectivity index (χ0v) is 11.7. The van der Waals surface area contributed by atoms with Gasteiger partial charge in [-0.3, -0.25) is 14.3 Å². The Hall–Kier alpha value is -2.83. The van der Waals surface area contributed by atoms with Crippen molar-refractivity contribution in [3.63, 3.8) is 0 Å². The van der Waals surface area contributed by atoms with E-state index in [9.17, 15) is 9.59 Å². The Morgan fingerprint density at radius 2 is 1.90 bits per heavy atom. The molecule has 2 aromatic heterocycles. The highest BCUT2D eigenvalue weighted by molar-refractivity contribution is 5.78. The molecule has 0 aliphatic rings. The molecule has 108 valence electrons. The lowest BCUT2D eigenvalue weighted by Crippen LogP contribution is -2.28. The fourth-order valence-corrected chi connectivity index (χ4v) is 2.24. The van der Waals surface area contributed by atoms with E-state index in [2.05, 4.69) is 20.4 Å². The van der Waals surface area contributed by atoms with Crippen LogP contribution in [-0.2, 0) is 13.6 Å². The van der Waals surface area contributed by atoms with Crippen molar-refractivity contribution in [2.24, 2.45) is 7.05 Å². The van der Waals surface area contributed by atoms with Crippen LogP contribution in [0.2, 0.25) is 0 Å². The lowest BCUT2D eigenvalue weighted by atomic mass is 10.2. The van der Waals surface area contributed by atoms with E-state index in [1.54, 1.807) is 16.8 Å². The van der Waals surface area contributed by atoms with E-state index in [4.69, 9.17) is 0 Å². The Morgan fingerprint density at radius 1 is 1.19 bits per heavy atom. The van der Waals surface area contributed by atoms with Crippen molar-refractivity contribution >= 4 is 16.7 Å². The zero-order chi connectivity index (χ0) is 15.0. The number of hydrogen-bond acceptors (Lipinski definition) is 4. The summed E-state index contributed by atoms with van der Waals surface area (Å²) in [7, 11) is 1.88. The molecule has 0 atom stereocenters. The highest BCUT2D eigenvalue weighted by atomic mass is 16.2. The van der Waals surface area contributed by atoms with Crippen LogP contribution in [0, 0.1) is 6.92 Å². The number of aromatic amines is 2. The Kier molecular flexibility index (Phi) is 3.09. The van der Waals surface area contributed by atoms with Gasteiger partial charge in [0.25, 0.3) is 0 Å². The van der Waals surface area contributed by atoms with Crippen LogP contribution in [0.3, 0.4) is 0 Å². The standard InChI is InChI=1S/C14H15N5O2/c1-8-9(7-19(2)18-8)6-15-10-3-4-11-12(5-10)17-14(21)13(20)16-11/h3-5,7,15H,6H2,1-2H3,(H,16,20)(H,17,21). The van der Waals surface area contributed by atoms with Gasteiger partial charge in [-0.1, -0.05) is 0 Å². The van der Waals surface area contributed by atoms with E-state index < -0.39 is 11.1 Å². The van der Waals surface area contributed by atoms with Crippen LogP contribution in [0.4, 0.5) is 5.69 Å². The first-order chi connectivity index (χ1) is 10.0. The predicted octanol–water partition coefficient (Wildman–Crippen LogP) is 0.870. The summed E-state index contributed by atoms with van der Waals surface area (Å²) in [5, 5.41) is 7.56. The molecule has 0 aliphatic heterocycles. The summed E-state index contributed by atoms with van der Waals surface area (Å²) in [6.45, 7) is 2.60. The third-order valence-electron chi connectivity index (χ3n) is 3.32. The zero-order valence-electron chi connectivity index (χ0n) is 11.7. The number of nitrogens with one attached hydrogen (secondary N) is 3. The Balaban J connectivity index is 1.88. The van der Waals surface area contributed by atoms with Crippen LogP contribution < -0.4 is 16.4 Å². The topological polar surface area (TPSA) is 95.6 Å². The maximum Gasteiger partial charge on any atom is 0.314 e.